The molecule has 0 heteroatoms. The minimum absolute atomic E-state index is 0.529. The second-order valence-corrected chi connectivity index (χ2v) is 5.77. The van der Waals surface area contributed by atoms with Crippen LogP contribution >= 0.6 is 0 Å². The van der Waals surface area contributed by atoms with Crippen molar-refractivity contribution in [3.63, 3.8) is 0 Å². The second-order valence-electron chi connectivity index (χ2n) is 5.77. The van der Waals surface area contributed by atoms with Gasteiger partial charge in [-0.1, -0.05) is 65.5 Å². The number of rotatable bonds is 8. The van der Waals surface area contributed by atoms with Crippen molar-refractivity contribution in [1.29, 1.82) is 0 Å². The zero-order chi connectivity index (χ0) is 11.6. The zero-order valence-electron chi connectivity index (χ0n) is 11.3. The van der Waals surface area contributed by atoms with Gasteiger partial charge in [-0.05, 0) is 31.1 Å². The lowest BCUT2D eigenvalue weighted by molar-refractivity contribution is 0.357. The van der Waals surface area contributed by atoms with Crippen LogP contribution in [0.4, 0.5) is 0 Å². The van der Waals surface area contributed by atoms with Crippen LogP contribution < -0.4 is 0 Å². The van der Waals surface area contributed by atoms with Crippen LogP contribution in [0.15, 0.2) is 12.2 Å². The predicted octanol–water partition coefficient (Wildman–Crippen LogP) is 5.73. The summed E-state index contributed by atoms with van der Waals surface area (Å²) < 4.78 is 0. The largest absolute Gasteiger partial charge is 0.0885 e. The van der Waals surface area contributed by atoms with E-state index in [1.807, 2.05) is 0 Å². The van der Waals surface area contributed by atoms with E-state index in [0.29, 0.717) is 5.41 Å². The third-order valence-electron chi connectivity index (χ3n) is 2.67. The van der Waals surface area contributed by atoms with Gasteiger partial charge in [0.05, 0.1) is 0 Å². The van der Waals surface area contributed by atoms with Crippen LogP contribution in [0, 0.1) is 5.41 Å². The maximum Gasteiger partial charge on any atom is -0.0351 e. The fourth-order valence-corrected chi connectivity index (χ4v) is 1.67. The molecule has 0 unspecified atom stereocenters. The summed E-state index contributed by atoms with van der Waals surface area (Å²) >= 11 is 0. The Morgan fingerprint density at radius 2 is 1.40 bits per heavy atom. The quantitative estimate of drug-likeness (QED) is 0.354. The van der Waals surface area contributed by atoms with E-state index in [-0.39, 0.29) is 0 Å². The van der Waals surface area contributed by atoms with Gasteiger partial charge < -0.3 is 0 Å². The van der Waals surface area contributed by atoms with E-state index < -0.39 is 0 Å². The molecule has 0 aliphatic rings. The van der Waals surface area contributed by atoms with Crippen molar-refractivity contribution in [3.8, 4) is 0 Å². The SMILES string of the molecule is CCC/C=C\CCCCCCC(C)(C)C. The summed E-state index contributed by atoms with van der Waals surface area (Å²) in [5, 5.41) is 0. The highest BCUT2D eigenvalue weighted by Crippen LogP contribution is 2.22. The van der Waals surface area contributed by atoms with Gasteiger partial charge in [-0.25, -0.2) is 0 Å². The molecule has 0 atom stereocenters. The van der Waals surface area contributed by atoms with Gasteiger partial charge in [0, 0.05) is 0 Å². The Morgan fingerprint density at radius 1 is 0.800 bits per heavy atom. The van der Waals surface area contributed by atoms with Gasteiger partial charge in [0.25, 0.3) is 0 Å². The molecule has 0 saturated heterocycles. The molecule has 0 nitrogen and oxygen atoms in total. The second kappa shape index (κ2) is 9.00. The standard InChI is InChI=1S/C15H30/c1-5-6-7-8-9-10-11-12-13-14-15(2,3)4/h7-8H,5-6,9-14H2,1-4H3/b8-7-. The van der Waals surface area contributed by atoms with Crippen LogP contribution in [-0.4, -0.2) is 0 Å². The van der Waals surface area contributed by atoms with Gasteiger partial charge in [-0.3, -0.25) is 0 Å². The molecule has 0 saturated carbocycles. The lowest BCUT2D eigenvalue weighted by Crippen LogP contribution is -2.03. The molecule has 0 radical (unpaired) electrons. The fourth-order valence-electron chi connectivity index (χ4n) is 1.67. The van der Waals surface area contributed by atoms with Gasteiger partial charge in [0.2, 0.25) is 0 Å². The smallest absolute Gasteiger partial charge is 0.0351 e. The first-order valence-corrected chi connectivity index (χ1v) is 6.71. The number of hydrogen-bond donors (Lipinski definition) is 0. The van der Waals surface area contributed by atoms with E-state index in [2.05, 4.69) is 39.8 Å². The Balaban J connectivity index is 3.12. The summed E-state index contributed by atoms with van der Waals surface area (Å²) in [6.07, 6.45) is 15.5. The molecule has 0 bridgehead atoms. The summed E-state index contributed by atoms with van der Waals surface area (Å²) in [5.74, 6) is 0. The highest BCUT2D eigenvalue weighted by atomic mass is 14.1. The van der Waals surface area contributed by atoms with Gasteiger partial charge in [0.15, 0.2) is 0 Å². The number of allylic oxidation sites excluding steroid dienone is 2. The molecular weight excluding hydrogens is 180 g/mol. The molecule has 0 heterocycles. The Bertz CT molecular complexity index is 148. The molecule has 0 amide bonds. The topological polar surface area (TPSA) is 0 Å². The lowest BCUT2D eigenvalue weighted by atomic mass is 9.89. The summed E-state index contributed by atoms with van der Waals surface area (Å²) in [6, 6.07) is 0. The van der Waals surface area contributed by atoms with E-state index in [1.165, 1.54) is 51.4 Å². The molecule has 0 aromatic carbocycles. The maximum absolute atomic E-state index is 2.35. The third kappa shape index (κ3) is 13.7. The summed E-state index contributed by atoms with van der Waals surface area (Å²) in [5.41, 5.74) is 0.529. The van der Waals surface area contributed by atoms with Crippen molar-refractivity contribution in [3.05, 3.63) is 12.2 Å². The van der Waals surface area contributed by atoms with E-state index in [9.17, 15) is 0 Å². The van der Waals surface area contributed by atoms with Gasteiger partial charge in [-0.2, -0.15) is 0 Å². The molecule has 90 valence electrons. The van der Waals surface area contributed by atoms with E-state index in [4.69, 9.17) is 0 Å². The van der Waals surface area contributed by atoms with Crippen LogP contribution in [0.25, 0.3) is 0 Å². The van der Waals surface area contributed by atoms with E-state index >= 15 is 0 Å². The first-order valence-electron chi connectivity index (χ1n) is 6.71. The van der Waals surface area contributed by atoms with Crippen LogP contribution in [-0.2, 0) is 0 Å². The highest BCUT2D eigenvalue weighted by Gasteiger charge is 2.08. The molecular formula is C15H30. The van der Waals surface area contributed by atoms with Crippen molar-refractivity contribution >= 4 is 0 Å². The fraction of sp³-hybridized carbons (Fsp3) is 0.867. The van der Waals surface area contributed by atoms with Crippen molar-refractivity contribution < 1.29 is 0 Å². The molecule has 0 rings (SSSR count). The average Bonchev–Trinajstić information content (AvgIpc) is 2.14. The average molecular weight is 210 g/mol. The van der Waals surface area contributed by atoms with Gasteiger partial charge >= 0.3 is 0 Å². The Labute approximate surface area is 97.2 Å². The number of hydrogen-bond acceptors (Lipinski definition) is 0. The Morgan fingerprint density at radius 3 is 2.00 bits per heavy atom. The highest BCUT2D eigenvalue weighted by molar-refractivity contribution is 4.80. The predicted molar refractivity (Wildman–Crippen MR) is 71.2 cm³/mol. The van der Waals surface area contributed by atoms with Crippen LogP contribution in [0.3, 0.4) is 0 Å². The minimum Gasteiger partial charge on any atom is -0.0885 e. The van der Waals surface area contributed by atoms with Crippen molar-refractivity contribution in [1.82, 2.24) is 0 Å². The molecule has 0 N–H and O–H groups in total. The van der Waals surface area contributed by atoms with E-state index in [1.54, 1.807) is 0 Å². The van der Waals surface area contributed by atoms with Gasteiger partial charge in [0.1, 0.15) is 0 Å². The van der Waals surface area contributed by atoms with Crippen molar-refractivity contribution in [2.24, 2.45) is 5.41 Å². The minimum atomic E-state index is 0.529. The first-order chi connectivity index (χ1) is 7.06. The molecule has 0 fully saturated rings. The van der Waals surface area contributed by atoms with Crippen LogP contribution in [0.5, 0.6) is 0 Å². The summed E-state index contributed by atoms with van der Waals surface area (Å²) in [7, 11) is 0. The Hall–Kier alpha value is -0.260. The van der Waals surface area contributed by atoms with Crippen molar-refractivity contribution in [2.45, 2.75) is 79.1 Å². The molecule has 0 aliphatic carbocycles. The zero-order valence-corrected chi connectivity index (χ0v) is 11.3. The molecule has 0 aromatic heterocycles. The molecule has 0 aromatic rings. The molecule has 0 aliphatic heterocycles. The molecule has 0 spiro atoms. The maximum atomic E-state index is 2.35. The first kappa shape index (κ1) is 14.7. The summed E-state index contributed by atoms with van der Waals surface area (Å²) in [4.78, 5) is 0. The summed E-state index contributed by atoms with van der Waals surface area (Å²) in [6.45, 7) is 9.23. The van der Waals surface area contributed by atoms with E-state index in [0.717, 1.165) is 0 Å². The Kier molecular flexibility index (Phi) is 8.85. The molecule has 15 heavy (non-hydrogen) atoms. The van der Waals surface area contributed by atoms with Crippen LogP contribution in [0.2, 0.25) is 0 Å². The van der Waals surface area contributed by atoms with Crippen molar-refractivity contribution in [2.75, 3.05) is 0 Å². The normalized spacial score (nSPS) is 12.5. The third-order valence-corrected chi connectivity index (χ3v) is 2.67. The lowest BCUT2D eigenvalue weighted by Gasteiger charge is -2.17. The number of unbranched alkanes of at least 4 members (excludes halogenated alkanes) is 5. The monoisotopic (exact) mass is 210 g/mol. The van der Waals surface area contributed by atoms with Crippen LogP contribution in [0.1, 0.15) is 79.1 Å². The van der Waals surface area contributed by atoms with Gasteiger partial charge in [-0.15, -0.1) is 0 Å².